The molecular weight excluding hydrogens is 358 g/mol. The lowest BCUT2D eigenvalue weighted by molar-refractivity contribution is -0.115. The van der Waals surface area contributed by atoms with Crippen molar-refractivity contribution in [3.05, 3.63) is 68.8 Å². The van der Waals surface area contributed by atoms with E-state index in [0.717, 1.165) is 11.8 Å². The number of amides is 1. The summed E-state index contributed by atoms with van der Waals surface area (Å²) >= 11 is 13.1. The molecule has 116 valence electrons. The van der Waals surface area contributed by atoms with Gasteiger partial charge in [-0.05, 0) is 42.1 Å². The van der Waals surface area contributed by atoms with Gasteiger partial charge in [0, 0.05) is 5.56 Å². The molecule has 0 radical (unpaired) electrons. The highest BCUT2D eigenvalue weighted by Gasteiger charge is 2.24. The Balaban J connectivity index is 1.91. The molecule has 0 aromatic heterocycles. The van der Waals surface area contributed by atoms with E-state index in [1.54, 1.807) is 30.3 Å². The number of carbonyl (C=O) groups excluding carboxylic acids is 1. The molecule has 2 aromatic carbocycles. The van der Waals surface area contributed by atoms with Gasteiger partial charge in [-0.25, -0.2) is 9.38 Å². The molecule has 1 fully saturated rings. The van der Waals surface area contributed by atoms with E-state index in [4.69, 9.17) is 23.2 Å². The van der Waals surface area contributed by atoms with Crippen molar-refractivity contribution in [2.75, 3.05) is 0 Å². The van der Waals surface area contributed by atoms with Crippen LogP contribution in [0.4, 0.5) is 10.1 Å². The predicted octanol–water partition coefficient (Wildman–Crippen LogP) is 5.02. The number of aliphatic imine (C=N–C) groups is 1. The van der Waals surface area contributed by atoms with E-state index in [1.807, 2.05) is 0 Å². The van der Waals surface area contributed by atoms with Crippen LogP contribution in [0.1, 0.15) is 5.56 Å². The fraction of sp³-hybridized carbons (Fsp3) is 0. The van der Waals surface area contributed by atoms with Crippen molar-refractivity contribution in [1.29, 1.82) is 0 Å². The summed E-state index contributed by atoms with van der Waals surface area (Å²) in [6, 6.07) is 11.4. The van der Waals surface area contributed by atoms with Gasteiger partial charge in [0.2, 0.25) is 0 Å². The molecule has 1 aliphatic heterocycles. The third kappa shape index (κ3) is 3.58. The molecule has 2 aromatic rings. The summed E-state index contributed by atoms with van der Waals surface area (Å²) in [7, 11) is 0. The fourth-order valence-corrected chi connectivity index (χ4v) is 3.12. The summed E-state index contributed by atoms with van der Waals surface area (Å²) in [4.78, 5) is 16.6. The van der Waals surface area contributed by atoms with Gasteiger partial charge in [0.15, 0.2) is 5.17 Å². The monoisotopic (exact) mass is 366 g/mol. The molecule has 3 nitrogen and oxygen atoms in total. The predicted molar refractivity (Wildman–Crippen MR) is 93.7 cm³/mol. The first-order chi connectivity index (χ1) is 11.0. The Bertz CT molecular complexity index is 831. The summed E-state index contributed by atoms with van der Waals surface area (Å²) in [5.41, 5.74) is 0.716. The van der Waals surface area contributed by atoms with Crippen LogP contribution in [0.2, 0.25) is 10.0 Å². The molecule has 1 saturated heterocycles. The zero-order valence-electron chi connectivity index (χ0n) is 11.5. The first-order valence-corrected chi connectivity index (χ1v) is 8.10. The molecule has 0 atom stereocenters. The first kappa shape index (κ1) is 16.1. The third-order valence-corrected chi connectivity index (χ3v) is 4.56. The molecule has 0 unspecified atom stereocenters. The van der Waals surface area contributed by atoms with Crippen molar-refractivity contribution in [2.45, 2.75) is 0 Å². The second-order valence-electron chi connectivity index (χ2n) is 4.57. The Morgan fingerprint density at radius 2 is 1.83 bits per heavy atom. The van der Waals surface area contributed by atoms with Gasteiger partial charge in [0.25, 0.3) is 5.91 Å². The van der Waals surface area contributed by atoms with Gasteiger partial charge in [0.05, 0.1) is 20.6 Å². The van der Waals surface area contributed by atoms with Crippen molar-refractivity contribution >= 4 is 57.8 Å². The molecular formula is C16H9Cl2FN2OS. The molecule has 3 rings (SSSR count). The molecule has 1 heterocycles. The zero-order chi connectivity index (χ0) is 16.4. The SMILES string of the molecule is O=C1NC(=Nc2ccccc2Cl)S/C1=C/c1c(F)cccc1Cl. The second kappa shape index (κ2) is 6.74. The maximum atomic E-state index is 13.8. The topological polar surface area (TPSA) is 41.5 Å². The summed E-state index contributed by atoms with van der Waals surface area (Å²) in [6.07, 6.45) is 1.41. The van der Waals surface area contributed by atoms with Gasteiger partial charge >= 0.3 is 0 Å². The molecule has 23 heavy (non-hydrogen) atoms. The lowest BCUT2D eigenvalue weighted by Gasteiger charge is -2.00. The Labute approximate surface area is 146 Å². The lowest BCUT2D eigenvalue weighted by Crippen LogP contribution is -2.19. The number of thioether (sulfide) groups is 1. The van der Waals surface area contributed by atoms with Crippen molar-refractivity contribution in [1.82, 2.24) is 5.32 Å². The van der Waals surface area contributed by atoms with Crippen LogP contribution in [-0.4, -0.2) is 11.1 Å². The normalized spacial score (nSPS) is 17.8. The van der Waals surface area contributed by atoms with Crippen LogP contribution in [0.5, 0.6) is 0 Å². The van der Waals surface area contributed by atoms with Crippen molar-refractivity contribution in [2.24, 2.45) is 4.99 Å². The average molecular weight is 367 g/mol. The van der Waals surface area contributed by atoms with E-state index in [2.05, 4.69) is 10.3 Å². The number of halogens is 3. The maximum absolute atomic E-state index is 13.8. The fourth-order valence-electron chi connectivity index (χ4n) is 1.91. The van der Waals surface area contributed by atoms with Gasteiger partial charge < -0.3 is 5.32 Å². The van der Waals surface area contributed by atoms with Crippen LogP contribution >= 0.6 is 35.0 Å². The number of amidine groups is 1. The molecule has 1 N–H and O–H groups in total. The number of nitrogens with zero attached hydrogens (tertiary/aromatic N) is 1. The Kier molecular flexibility index (Phi) is 4.71. The summed E-state index contributed by atoms with van der Waals surface area (Å²) < 4.78 is 13.8. The number of para-hydroxylation sites is 1. The van der Waals surface area contributed by atoms with Crippen molar-refractivity contribution in [3.8, 4) is 0 Å². The van der Waals surface area contributed by atoms with Gasteiger partial charge in [-0.2, -0.15) is 0 Å². The van der Waals surface area contributed by atoms with Crippen LogP contribution < -0.4 is 5.32 Å². The van der Waals surface area contributed by atoms with E-state index in [-0.39, 0.29) is 16.5 Å². The second-order valence-corrected chi connectivity index (χ2v) is 6.41. The largest absolute Gasteiger partial charge is 0.300 e. The highest BCUT2D eigenvalue weighted by Crippen LogP contribution is 2.32. The van der Waals surface area contributed by atoms with Crippen LogP contribution in [0.15, 0.2) is 52.4 Å². The highest BCUT2D eigenvalue weighted by molar-refractivity contribution is 8.18. The Hall–Kier alpha value is -1.82. The minimum Gasteiger partial charge on any atom is -0.300 e. The number of hydrogen-bond acceptors (Lipinski definition) is 3. The zero-order valence-corrected chi connectivity index (χ0v) is 13.8. The molecule has 7 heteroatoms. The van der Waals surface area contributed by atoms with Crippen LogP contribution in [-0.2, 0) is 4.79 Å². The number of rotatable bonds is 2. The molecule has 0 saturated carbocycles. The van der Waals surface area contributed by atoms with E-state index in [0.29, 0.717) is 20.8 Å². The molecule has 0 aliphatic carbocycles. The quantitative estimate of drug-likeness (QED) is 0.757. The van der Waals surface area contributed by atoms with E-state index >= 15 is 0 Å². The number of nitrogens with one attached hydrogen (secondary N) is 1. The summed E-state index contributed by atoms with van der Waals surface area (Å²) in [6.45, 7) is 0. The van der Waals surface area contributed by atoms with Crippen LogP contribution in [0.3, 0.4) is 0 Å². The minimum atomic E-state index is -0.491. The molecule has 1 amide bonds. The summed E-state index contributed by atoms with van der Waals surface area (Å²) in [5, 5.41) is 3.71. The maximum Gasteiger partial charge on any atom is 0.264 e. The standard InChI is InChI=1S/C16H9Cl2FN2OS/c17-10-5-3-6-12(19)9(10)8-14-15(22)21-16(23-14)20-13-7-2-1-4-11(13)18/h1-8H,(H,20,21,22)/b14-8+. The van der Waals surface area contributed by atoms with E-state index < -0.39 is 5.82 Å². The Morgan fingerprint density at radius 1 is 1.09 bits per heavy atom. The Morgan fingerprint density at radius 3 is 2.57 bits per heavy atom. The van der Waals surface area contributed by atoms with Gasteiger partial charge in [-0.1, -0.05) is 41.4 Å². The van der Waals surface area contributed by atoms with E-state index in [9.17, 15) is 9.18 Å². The molecule has 0 bridgehead atoms. The summed E-state index contributed by atoms with van der Waals surface area (Å²) in [5.74, 6) is -0.852. The third-order valence-electron chi connectivity index (χ3n) is 3.00. The first-order valence-electron chi connectivity index (χ1n) is 6.53. The minimum absolute atomic E-state index is 0.172. The number of carbonyl (C=O) groups is 1. The number of hydrogen-bond donors (Lipinski definition) is 1. The van der Waals surface area contributed by atoms with E-state index in [1.165, 1.54) is 18.2 Å². The average Bonchev–Trinajstić information content (AvgIpc) is 2.85. The van der Waals surface area contributed by atoms with Crippen LogP contribution in [0, 0.1) is 5.82 Å². The number of benzene rings is 2. The molecule has 0 spiro atoms. The molecule has 1 aliphatic rings. The van der Waals surface area contributed by atoms with Gasteiger partial charge in [-0.15, -0.1) is 0 Å². The smallest absolute Gasteiger partial charge is 0.264 e. The van der Waals surface area contributed by atoms with Crippen molar-refractivity contribution < 1.29 is 9.18 Å². The van der Waals surface area contributed by atoms with Gasteiger partial charge in [-0.3, -0.25) is 4.79 Å². The van der Waals surface area contributed by atoms with Gasteiger partial charge in [0.1, 0.15) is 5.82 Å². The lowest BCUT2D eigenvalue weighted by atomic mass is 10.2. The highest BCUT2D eigenvalue weighted by atomic mass is 35.5. The van der Waals surface area contributed by atoms with Crippen molar-refractivity contribution in [3.63, 3.8) is 0 Å². The van der Waals surface area contributed by atoms with Crippen LogP contribution in [0.25, 0.3) is 6.08 Å².